The van der Waals surface area contributed by atoms with Crippen molar-refractivity contribution in [2.45, 2.75) is 12.3 Å². The Morgan fingerprint density at radius 1 is 0.923 bits per heavy atom. The predicted octanol–water partition coefficient (Wildman–Crippen LogP) is 12.9. The highest BCUT2D eigenvalue weighted by Crippen LogP contribution is 3.24. The number of hydrogen-bond donors (Lipinski definition) is 1. The van der Waals surface area contributed by atoms with Gasteiger partial charge in [0.15, 0.2) is 0 Å². The molecule has 1 fully saturated rings. The van der Waals surface area contributed by atoms with Gasteiger partial charge in [0.1, 0.15) is 0 Å². The topological polar surface area (TPSA) is 52.3 Å². The normalized spacial score (nSPS) is 17.6. The molecule has 2 aromatic rings. The van der Waals surface area contributed by atoms with E-state index >= 15 is 0 Å². The third-order valence-corrected chi connectivity index (χ3v) is 101. The number of para-hydroxylation sites is 1. The number of halogens is 1. The molecule has 39 heavy (non-hydrogen) atoms. The summed E-state index contributed by atoms with van der Waals surface area (Å²) in [5, 5.41) is 0. The Balaban J connectivity index is 0.000000303. The Kier molecular flexibility index (Phi) is 23.8. The van der Waals surface area contributed by atoms with Gasteiger partial charge in [-0.2, -0.15) is 0 Å². The summed E-state index contributed by atoms with van der Waals surface area (Å²) in [4.78, 5) is 11.2. The van der Waals surface area contributed by atoms with Crippen molar-refractivity contribution in [3.8, 4) is 12.3 Å². The standard InChI is InChI=1S/C11H11BrO2.C8H7N.H18P16/c1-14-11(13)10-6-9(10)7-3-2-4-8(12)5-7;1-2-7-5-3-4-6-8(7)9;1-10(2)14(9)16(13(7)8)15(11(3)4)12(5)6/h2-5,9-10H,6H2,1H3;1,3-6H,9H2;1-9H2. The molecule has 0 saturated heterocycles. The number of carbonyl (C=O) groups excluding carboxylic acids is 1. The van der Waals surface area contributed by atoms with Crippen molar-refractivity contribution in [2.24, 2.45) is 5.92 Å². The van der Waals surface area contributed by atoms with Gasteiger partial charge in [-0.05, 0) is 91.1 Å². The van der Waals surface area contributed by atoms with Crippen molar-refractivity contribution < 1.29 is 9.53 Å². The van der Waals surface area contributed by atoms with Gasteiger partial charge in [0.25, 0.3) is 0 Å². The van der Waals surface area contributed by atoms with Crippen LogP contribution in [0.2, 0.25) is 0 Å². The highest BCUT2D eigenvalue weighted by molar-refractivity contribution is 9.30. The summed E-state index contributed by atoms with van der Waals surface area (Å²) < 4.78 is 5.77. The average molecular weight is 886 g/mol. The van der Waals surface area contributed by atoms with Gasteiger partial charge in [0, 0.05) is 15.7 Å². The molecule has 0 radical (unpaired) electrons. The van der Waals surface area contributed by atoms with Crippen LogP contribution in [0.5, 0.6) is 0 Å². The summed E-state index contributed by atoms with van der Waals surface area (Å²) in [6.45, 7) is 0.740. The monoisotopic (exact) mass is 885 g/mol. The van der Waals surface area contributed by atoms with Crippen LogP contribution in [0.15, 0.2) is 53.0 Å². The number of benzene rings is 2. The van der Waals surface area contributed by atoms with E-state index in [-0.39, 0.29) is 60.8 Å². The quantitative estimate of drug-likeness (QED) is 0.124. The van der Waals surface area contributed by atoms with Crippen LogP contribution in [-0.2, 0) is 9.53 Å². The summed E-state index contributed by atoms with van der Waals surface area (Å²) in [5.74, 6) is 2.82. The molecule has 0 aliphatic heterocycles. The molecule has 20 heteroatoms. The molecule has 3 nitrogen and oxygen atoms in total. The molecule has 0 bridgehead atoms. The van der Waals surface area contributed by atoms with Gasteiger partial charge in [-0.3, -0.25) is 4.79 Å². The van der Waals surface area contributed by atoms with E-state index in [0.717, 1.165) is 16.5 Å². The van der Waals surface area contributed by atoms with E-state index in [1.54, 1.807) is 6.07 Å². The molecular weight excluding hydrogens is 850 g/mol. The van der Waals surface area contributed by atoms with Crippen LogP contribution >= 0.6 is 145 Å². The third-order valence-electron chi connectivity index (χ3n) is 4.89. The lowest BCUT2D eigenvalue weighted by Gasteiger charge is -2.40. The van der Waals surface area contributed by atoms with Crippen LogP contribution in [0.25, 0.3) is 0 Å². The molecule has 2 N–H and O–H groups in total. The van der Waals surface area contributed by atoms with Crippen LogP contribution in [0.3, 0.4) is 0 Å². The smallest absolute Gasteiger partial charge is 0.309 e. The Bertz CT molecular complexity index is 1080. The number of carbonyl (C=O) groups is 1. The van der Waals surface area contributed by atoms with Crippen molar-refractivity contribution in [3.63, 3.8) is 0 Å². The number of terminal acetylenes is 1. The molecule has 0 amide bonds. The molecule has 2 aromatic carbocycles. The number of hydrogen-bond acceptors (Lipinski definition) is 3. The van der Waals surface area contributed by atoms with Crippen molar-refractivity contribution in [1.29, 1.82) is 0 Å². The van der Waals surface area contributed by atoms with Gasteiger partial charge < -0.3 is 10.5 Å². The Hall–Kier alpha value is 4.63. The maximum Gasteiger partial charge on any atom is 0.309 e. The van der Waals surface area contributed by atoms with Crippen molar-refractivity contribution in [3.05, 3.63) is 64.1 Å². The minimum atomic E-state index is -0.0880. The second-order valence-corrected chi connectivity index (χ2v) is 70.4. The Morgan fingerprint density at radius 3 is 1.90 bits per heavy atom. The van der Waals surface area contributed by atoms with Crippen molar-refractivity contribution in [1.82, 2.24) is 0 Å². The second kappa shape index (κ2) is 22.2. The molecule has 0 aromatic heterocycles. The highest BCUT2D eigenvalue weighted by atomic mass is 79.9. The highest BCUT2D eigenvalue weighted by Gasteiger charge is 2.44. The van der Waals surface area contributed by atoms with E-state index in [2.05, 4.69) is 114 Å². The zero-order chi connectivity index (χ0) is 29.9. The van der Waals surface area contributed by atoms with Gasteiger partial charge in [0.05, 0.1) is 13.0 Å². The number of rotatable bonds is 8. The maximum atomic E-state index is 11.2. The summed E-state index contributed by atoms with van der Waals surface area (Å²) in [6, 6.07) is 15.4. The van der Waals surface area contributed by atoms with E-state index in [9.17, 15) is 4.79 Å². The fourth-order valence-corrected chi connectivity index (χ4v) is 167. The molecular formula is C19H36BrNO2P16. The maximum absolute atomic E-state index is 11.2. The van der Waals surface area contributed by atoms with Crippen LogP contribution in [-0.4, -0.2) is 13.1 Å². The van der Waals surface area contributed by atoms with E-state index in [0.29, 0.717) is 11.6 Å². The zero-order valence-electron chi connectivity index (χ0n) is 21.2. The fourth-order valence-electron chi connectivity index (χ4n) is 3.02. The van der Waals surface area contributed by atoms with E-state index in [1.165, 1.54) is 12.7 Å². The number of methoxy groups -OCH3 is 1. The first-order valence-electron chi connectivity index (χ1n) is 10.7. The van der Waals surface area contributed by atoms with Crippen LogP contribution in [0, 0.1) is 18.3 Å². The van der Waals surface area contributed by atoms with Crippen LogP contribution < -0.4 is 5.73 Å². The van der Waals surface area contributed by atoms with Crippen molar-refractivity contribution in [2.75, 3.05) is 12.8 Å². The number of esters is 1. The van der Waals surface area contributed by atoms with Crippen LogP contribution in [0.4, 0.5) is 5.69 Å². The second-order valence-electron chi connectivity index (χ2n) is 7.64. The van der Waals surface area contributed by atoms with Gasteiger partial charge in [-0.25, -0.2) is 0 Å². The molecule has 0 spiro atoms. The van der Waals surface area contributed by atoms with Crippen LogP contribution in [0.1, 0.15) is 23.5 Å². The Labute approximate surface area is 271 Å². The Morgan fingerprint density at radius 2 is 1.49 bits per heavy atom. The van der Waals surface area contributed by atoms with Gasteiger partial charge >= 0.3 is 5.97 Å². The van der Waals surface area contributed by atoms with Gasteiger partial charge in [0.2, 0.25) is 0 Å². The molecule has 1 aliphatic rings. The third kappa shape index (κ3) is 15.4. The van der Waals surface area contributed by atoms with Gasteiger partial charge in [-0.15, -0.1) is 86.8 Å². The van der Waals surface area contributed by atoms with E-state index in [1.807, 2.05) is 30.3 Å². The molecule has 13 atom stereocenters. The molecule has 216 valence electrons. The lowest BCUT2D eigenvalue weighted by molar-refractivity contribution is -0.142. The first kappa shape index (κ1) is 41.7. The minimum absolute atomic E-state index is 0.0635. The van der Waals surface area contributed by atoms with Gasteiger partial charge in [-0.1, -0.05) is 46.1 Å². The largest absolute Gasteiger partial charge is 0.469 e. The fraction of sp³-hybridized carbons (Fsp3) is 0.211. The molecule has 13 unspecified atom stereocenters. The number of nitrogens with two attached hydrogens (primary N) is 1. The van der Waals surface area contributed by atoms with Crippen molar-refractivity contribution >= 4 is 157 Å². The minimum Gasteiger partial charge on any atom is -0.469 e. The summed E-state index contributed by atoms with van der Waals surface area (Å²) in [5.41, 5.74) is 8.13. The molecule has 1 saturated carbocycles. The summed E-state index contributed by atoms with van der Waals surface area (Å²) in [6.07, 6.45) is 6.04. The first-order chi connectivity index (χ1) is 18.3. The number of anilines is 1. The SMILES string of the molecule is C#Cc1ccccc1N.COC(=O)C1CC1c1cccc(Br)c1.PP(P)P(P)P(P(P)P)P(P(P)P)P(P)P. The molecule has 1 aliphatic carbocycles. The summed E-state index contributed by atoms with van der Waals surface area (Å²) in [7, 11) is 29.2. The lowest BCUT2D eigenvalue weighted by atomic mass is 10.1. The molecule has 3 rings (SSSR count). The predicted molar refractivity (Wildman–Crippen MR) is 232 cm³/mol. The number of ether oxygens (including phenoxy) is 1. The lowest BCUT2D eigenvalue weighted by Crippen LogP contribution is -2.03. The van der Waals surface area contributed by atoms with E-state index in [4.69, 9.17) is 16.9 Å². The summed E-state index contributed by atoms with van der Waals surface area (Å²) >= 11 is 3.42. The van der Waals surface area contributed by atoms with E-state index < -0.39 is 0 Å². The molecule has 0 heterocycles. The average Bonchev–Trinajstić information content (AvgIpc) is 3.68. The zero-order valence-corrected chi connectivity index (χ0v) is 39.4. The first-order valence-corrected chi connectivity index (χ1v) is 39.7. The number of nitrogen functional groups attached to an aromatic ring is 1.